The van der Waals surface area contributed by atoms with Crippen molar-refractivity contribution in [3.63, 3.8) is 0 Å². The molecule has 27 heavy (non-hydrogen) atoms. The summed E-state index contributed by atoms with van der Waals surface area (Å²) in [4.78, 5) is 4.80. The number of halogens is 1. The lowest BCUT2D eigenvalue weighted by Gasteiger charge is -2.40. The molecule has 0 aromatic rings. The van der Waals surface area contributed by atoms with Crippen LogP contribution in [0.1, 0.15) is 67.2 Å². The maximum absolute atomic E-state index is 9.30. The highest BCUT2D eigenvalue weighted by Gasteiger charge is 2.35. The van der Waals surface area contributed by atoms with Crippen LogP contribution in [0.25, 0.3) is 0 Å². The zero-order valence-electron chi connectivity index (χ0n) is 18.4. The second-order valence-electron chi connectivity index (χ2n) is 9.17. The Hall–Kier alpha value is -0.0800. The largest absolute Gasteiger partial charge is 0.396 e. The van der Waals surface area contributed by atoms with Gasteiger partial charge in [-0.2, -0.15) is 0 Å². The molecule has 162 valence electrons. The maximum atomic E-state index is 9.30. The molecule has 5 nitrogen and oxygen atoms in total. The zero-order valence-corrected chi connectivity index (χ0v) is 20.7. The monoisotopic (exact) mass is 497 g/mol. The molecule has 6 heteroatoms. The summed E-state index contributed by atoms with van der Waals surface area (Å²) in [5.74, 6) is 2.47. The topological polar surface area (TPSA) is 65.9 Å². The van der Waals surface area contributed by atoms with E-state index in [1.165, 1.54) is 6.42 Å². The van der Waals surface area contributed by atoms with E-state index in [1.54, 1.807) is 0 Å². The number of aliphatic hydroxyl groups is 1. The Labute approximate surface area is 184 Å². The average Bonchev–Trinajstić information content (AvgIpc) is 2.56. The summed E-state index contributed by atoms with van der Waals surface area (Å²) in [5, 5.41) is 16.2. The molecule has 3 N–H and O–H groups in total. The number of hydrogen-bond acceptors (Lipinski definition) is 3. The summed E-state index contributed by atoms with van der Waals surface area (Å²) in [6, 6.07) is 0. The van der Waals surface area contributed by atoms with Crippen molar-refractivity contribution in [2.45, 2.75) is 73.3 Å². The lowest BCUT2D eigenvalue weighted by molar-refractivity contribution is -0.0835. The SMILES string of the molecule is CCNC(=NCC(CCO)CC(C)C)NCC1CCCOC1C(C)(C)C.I. The maximum Gasteiger partial charge on any atom is 0.191 e. The van der Waals surface area contributed by atoms with Crippen LogP contribution in [0.15, 0.2) is 4.99 Å². The number of guanidine groups is 1. The predicted molar refractivity (Wildman–Crippen MR) is 126 cm³/mol. The summed E-state index contributed by atoms with van der Waals surface area (Å²) < 4.78 is 6.09. The molecule has 1 rings (SSSR count). The lowest BCUT2D eigenvalue weighted by Crippen LogP contribution is -2.47. The zero-order chi connectivity index (χ0) is 19.6. The highest BCUT2D eigenvalue weighted by molar-refractivity contribution is 14.0. The average molecular weight is 498 g/mol. The van der Waals surface area contributed by atoms with Gasteiger partial charge < -0.3 is 20.5 Å². The molecule has 3 unspecified atom stereocenters. The van der Waals surface area contributed by atoms with E-state index >= 15 is 0 Å². The van der Waals surface area contributed by atoms with E-state index in [-0.39, 0.29) is 42.1 Å². The smallest absolute Gasteiger partial charge is 0.191 e. The van der Waals surface area contributed by atoms with Crippen molar-refractivity contribution in [1.29, 1.82) is 0 Å². The van der Waals surface area contributed by atoms with Crippen LogP contribution < -0.4 is 10.6 Å². The number of hydrogen-bond donors (Lipinski definition) is 3. The summed E-state index contributed by atoms with van der Waals surface area (Å²) in [7, 11) is 0. The van der Waals surface area contributed by atoms with Gasteiger partial charge in [0.2, 0.25) is 0 Å². The Balaban J connectivity index is 0.00000676. The van der Waals surface area contributed by atoms with E-state index in [0.717, 1.165) is 51.5 Å². The van der Waals surface area contributed by atoms with Crippen LogP contribution in [0.4, 0.5) is 0 Å². The Bertz CT molecular complexity index is 411. The van der Waals surface area contributed by atoms with Crippen molar-refractivity contribution < 1.29 is 9.84 Å². The molecule has 1 aliphatic heterocycles. The van der Waals surface area contributed by atoms with Gasteiger partial charge in [0.1, 0.15) is 0 Å². The van der Waals surface area contributed by atoms with Gasteiger partial charge in [0.25, 0.3) is 0 Å². The minimum Gasteiger partial charge on any atom is -0.396 e. The van der Waals surface area contributed by atoms with Gasteiger partial charge in [-0.25, -0.2) is 0 Å². The van der Waals surface area contributed by atoms with E-state index < -0.39 is 0 Å². The first kappa shape index (κ1) is 26.9. The second-order valence-corrected chi connectivity index (χ2v) is 9.17. The molecule has 0 aromatic heterocycles. The molecule has 1 heterocycles. The van der Waals surface area contributed by atoms with Gasteiger partial charge in [0.05, 0.1) is 6.10 Å². The van der Waals surface area contributed by atoms with Crippen LogP contribution in [-0.4, -0.2) is 50.0 Å². The van der Waals surface area contributed by atoms with Crippen molar-refractivity contribution in [1.82, 2.24) is 10.6 Å². The van der Waals surface area contributed by atoms with Gasteiger partial charge in [-0.3, -0.25) is 4.99 Å². The van der Waals surface area contributed by atoms with Crippen molar-refractivity contribution in [3.8, 4) is 0 Å². The Kier molecular flexibility index (Phi) is 13.9. The molecule has 0 amide bonds. The van der Waals surface area contributed by atoms with Crippen LogP contribution in [0.2, 0.25) is 0 Å². The molecule has 0 aliphatic carbocycles. The molecular weight excluding hydrogens is 453 g/mol. The van der Waals surface area contributed by atoms with Crippen LogP contribution >= 0.6 is 24.0 Å². The van der Waals surface area contributed by atoms with E-state index in [2.05, 4.69) is 52.2 Å². The van der Waals surface area contributed by atoms with Crippen molar-refractivity contribution in [3.05, 3.63) is 0 Å². The van der Waals surface area contributed by atoms with Crippen LogP contribution in [-0.2, 0) is 4.74 Å². The Morgan fingerprint density at radius 2 is 1.96 bits per heavy atom. The molecule has 3 atom stereocenters. The van der Waals surface area contributed by atoms with Crippen molar-refractivity contribution in [2.24, 2.45) is 28.2 Å². The third kappa shape index (κ3) is 10.9. The number of rotatable bonds is 9. The number of nitrogens with one attached hydrogen (secondary N) is 2. The van der Waals surface area contributed by atoms with Crippen molar-refractivity contribution >= 4 is 29.9 Å². The van der Waals surface area contributed by atoms with Crippen molar-refractivity contribution in [2.75, 3.05) is 32.8 Å². The first-order valence-electron chi connectivity index (χ1n) is 10.5. The fraction of sp³-hybridized carbons (Fsp3) is 0.952. The molecule has 0 radical (unpaired) electrons. The van der Waals surface area contributed by atoms with Gasteiger partial charge in [-0.15, -0.1) is 24.0 Å². The Morgan fingerprint density at radius 3 is 2.52 bits per heavy atom. The summed E-state index contributed by atoms with van der Waals surface area (Å²) in [6.45, 7) is 17.0. The van der Waals surface area contributed by atoms with E-state index in [1.807, 2.05) is 0 Å². The summed E-state index contributed by atoms with van der Waals surface area (Å²) in [6.07, 6.45) is 4.55. The molecule has 0 saturated carbocycles. The minimum atomic E-state index is 0. The number of aliphatic imine (C=N–C) groups is 1. The standard InChI is InChI=1S/C21H43N3O2.HI/c1-7-22-20(23-14-17(10-11-25)13-16(2)3)24-15-18-9-8-12-26-19(18)21(4,5)6;/h16-19,25H,7-15H2,1-6H3,(H2,22,23,24);1H. The first-order valence-corrected chi connectivity index (χ1v) is 10.5. The molecule has 1 saturated heterocycles. The number of ether oxygens (including phenoxy) is 1. The van der Waals surface area contributed by atoms with Gasteiger partial charge in [-0.05, 0) is 49.9 Å². The van der Waals surface area contributed by atoms with E-state index in [0.29, 0.717) is 17.8 Å². The van der Waals surface area contributed by atoms with Gasteiger partial charge >= 0.3 is 0 Å². The summed E-state index contributed by atoms with van der Waals surface area (Å²) in [5.41, 5.74) is 0.158. The van der Waals surface area contributed by atoms with Crippen LogP contribution in [0, 0.1) is 23.2 Å². The minimum absolute atomic E-state index is 0. The highest BCUT2D eigenvalue weighted by atomic mass is 127. The number of aliphatic hydroxyl groups excluding tert-OH is 1. The third-order valence-corrected chi connectivity index (χ3v) is 5.02. The van der Waals surface area contributed by atoms with Crippen LogP contribution in [0.3, 0.4) is 0 Å². The van der Waals surface area contributed by atoms with Gasteiger partial charge in [0, 0.05) is 38.8 Å². The van der Waals surface area contributed by atoms with E-state index in [9.17, 15) is 5.11 Å². The molecule has 0 spiro atoms. The molecular formula is C21H44IN3O2. The normalized spacial score (nSPS) is 22.3. The molecule has 1 aliphatic rings. The first-order chi connectivity index (χ1) is 12.3. The fourth-order valence-corrected chi connectivity index (χ4v) is 3.93. The van der Waals surface area contributed by atoms with Gasteiger partial charge in [-0.1, -0.05) is 34.6 Å². The fourth-order valence-electron chi connectivity index (χ4n) is 3.93. The Morgan fingerprint density at radius 1 is 1.26 bits per heavy atom. The van der Waals surface area contributed by atoms with Crippen LogP contribution in [0.5, 0.6) is 0 Å². The van der Waals surface area contributed by atoms with E-state index in [4.69, 9.17) is 9.73 Å². The lowest BCUT2D eigenvalue weighted by atomic mass is 9.78. The van der Waals surface area contributed by atoms with Gasteiger partial charge in [0.15, 0.2) is 5.96 Å². The highest BCUT2D eigenvalue weighted by Crippen LogP contribution is 2.33. The molecule has 0 bridgehead atoms. The molecule has 1 fully saturated rings. The summed E-state index contributed by atoms with van der Waals surface area (Å²) >= 11 is 0. The molecule has 0 aromatic carbocycles. The second kappa shape index (κ2) is 14.0. The third-order valence-electron chi connectivity index (χ3n) is 5.02. The quantitative estimate of drug-likeness (QED) is 0.256. The predicted octanol–water partition coefficient (Wildman–Crippen LogP) is 4.05. The number of nitrogens with zero attached hydrogens (tertiary/aromatic N) is 1.